The Morgan fingerprint density at radius 1 is 1.36 bits per heavy atom. The molecule has 0 spiro atoms. The fourth-order valence-corrected chi connectivity index (χ4v) is 3.01. The third kappa shape index (κ3) is 3.24. The van der Waals surface area contributed by atoms with Crippen LogP contribution in [0.4, 0.5) is 11.6 Å². The SMILES string of the molecule is CNS(=O)(=O)c1cc(C(=O)OC)c(Nc2ccco2)cc1Cl. The Morgan fingerprint density at radius 3 is 2.64 bits per heavy atom. The van der Waals surface area contributed by atoms with Crippen molar-refractivity contribution in [1.82, 2.24) is 4.72 Å². The number of sulfonamides is 1. The summed E-state index contributed by atoms with van der Waals surface area (Å²) in [5.74, 6) is -0.344. The predicted molar refractivity (Wildman–Crippen MR) is 81.0 cm³/mol. The van der Waals surface area contributed by atoms with Crippen LogP contribution in [0.25, 0.3) is 0 Å². The van der Waals surface area contributed by atoms with Gasteiger partial charge in [0.25, 0.3) is 0 Å². The second-order valence-electron chi connectivity index (χ2n) is 4.13. The van der Waals surface area contributed by atoms with Gasteiger partial charge in [0.05, 0.1) is 29.6 Å². The zero-order chi connectivity index (χ0) is 16.3. The number of benzene rings is 1. The summed E-state index contributed by atoms with van der Waals surface area (Å²) in [4.78, 5) is 11.7. The van der Waals surface area contributed by atoms with Crippen molar-refractivity contribution in [3.8, 4) is 0 Å². The van der Waals surface area contributed by atoms with Gasteiger partial charge in [-0.15, -0.1) is 0 Å². The molecular weight excluding hydrogens is 332 g/mol. The van der Waals surface area contributed by atoms with Gasteiger partial charge in [-0.2, -0.15) is 0 Å². The van der Waals surface area contributed by atoms with Gasteiger partial charge >= 0.3 is 5.97 Å². The van der Waals surface area contributed by atoms with Crippen molar-refractivity contribution >= 4 is 39.2 Å². The maximum absolute atomic E-state index is 11.9. The van der Waals surface area contributed by atoms with E-state index in [1.807, 2.05) is 0 Å². The summed E-state index contributed by atoms with van der Waals surface area (Å²) in [6.07, 6.45) is 1.45. The number of esters is 1. The van der Waals surface area contributed by atoms with E-state index in [4.69, 9.17) is 16.0 Å². The van der Waals surface area contributed by atoms with Gasteiger partial charge in [0.1, 0.15) is 4.90 Å². The van der Waals surface area contributed by atoms with Gasteiger partial charge in [0.2, 0.25) is 10.0 Å². The quantitative estimate of drug-likeness (QED) is 0.808. The molecule has 118 valence electrons. The lowest BCUT2D eigenvalue weighted by Gasteiger charge is -2.13. The number of methoxy groups -OCH3 is 1. The standard InChI is InChI=1S/C13H13ClN2O5S/c1-15-22(18,19)11-6-8(13(17)20-2)10(7-9(11)14)16-12-4-3-5-21-12/h3-7,15-16H,1-2H3. The topological polar surface area (TPSA) is 97.6 Å². The highest BCUT2D eigenvalue weighted by Crippen LogP contribution is 2.31. The molecule has 0 radical (unpaired) electrons. The molecule has 1 aromatic heterocycles. The van der Waals surface area contributed by atoms with Crippen LogP contribution in [0, 0.1) is 0 Å². The minimum atomic E-state index is -3.81. The van der Waals surface area contributed by atoms with Crippen molar-refractivity contribution in [2.24, 2.45) is 0 Å². The number of halogens is 1. The lowest BCUT2D eigenvalue weighted by atomic mass is 10.1. The van der Waals surface area contributed by atoms with Gasteiger partial charge in [-0.1, -0.05) is 11.6 Å². The normalized spacial score (nSPS) is 11.2. The van der Waals surface area contributed by atoms with Crippen LogP contribution in [-0.4, -0.2) is 28.5 Å². The number of carbonyl (C=O) groups excluding carboxylic acids is 1. The maximum Gasteiger partial charge on any atom is 0.340 e. The molecule has 0 saturated carbocycles. The molecule has 0 unspecified atom stereocenters. The van der Waals surface area contributed by atoms with Crippen LogP contribution in [0.15, 0.2) is 39.8 Å². The second kappa shape index (κ2) is 6.39. The van der Waals surface area contributed by atoms with Crippen LogP contribution in [0.1, 0.15) is 10.4 Å². The van der Waals surface area contributed by atoms with Gasteiger partial charge in [-0.3, -0.25) is 0 Å². The first-order valence-corrected chi connectivity index (χ1v) is 7.91. The van der Waals surface area contributed by atoms with Crippen molar-refractivity contribution in [3.05, 3.63) is 41.1 Å². The molecule has 7 nitrogen and oxygen atoms in total. The number of rotatable bonds is 5. The molecule has 2 N–H and O–H groups in total. The molecule has 22 heavy (non-hydrogen) atoms. The van der Waals surface area contributed by atoms with E-state index in [2.05, 4.69) is 14.8 Å². The smallest absolute Gasteiger partial charge is 0.340 e. The number of anilines is 2. The van der Waals surface area contributed by atoms with Crippen LogP contribution in [0.3, 0.4) is 0 Å². The van der Waals surface area contributed by atoms with Crippen molar-refractivity contribution < 1.29 is 22.4 Å². The zero-order valence-corrected chi connectivity index (χ0v) is 13.3. The van der Waals surface area contributed by atoms with E-state index >= 15 is 0 Å². The number of carbonyl (C=O) groups is 1. The molecule has 1 heterocycles. The molecule has 0 aliphatic rings. The van der Waals surface area contributed by atoms with E-state index in [1.54, 1.807) is 12.1 Å². The molecular formula is C13H13ClN2O5S. The average molecular weight is 345 g/mol. The number of nitrogens with one attached hydrogen (secondary N) is 2. The highest BCUT2D eigenvalue weighted by Gasteiger charge is 2.22. The van der Waals surface area contributed by atoms with Crippen molar-refractivity contribution in [1.29, 1.82) is 0 Å². The summed E-state index contributed by atoms with van der Waals surface area (Å²) < 4.78 is 35.8. The Balaban J connectivity index is 2.59. The summed E-state index contributed by atoms with van der Waals surface area (Å²) in [6, 6.07) is 5.75. The van der Waals surface area contributed by atoms with Gasteiger partial charge in [-0.05, 0) is 25.2 Å². The zero-order valence-electron chi connectivity index (χ0n) is 11.7. The molecule has 2 rings (SSSR count). The molecule has 1 aromatic carbocycles. The molecule has 0 saturated heterocycles. The Hall–Kier alpha value is -2.03. The molecule has 0 bridgehead atoms. The molecule has 9 heteroatoms. The Morgan fingerprint density at radius 2 is 2.09 bits per heavy atom. The molecule has 0 aliphatic heterocycles. The van der Waals surface area contributed by atoms with E-state index in [0.717, 1.165) is 6.07 Å². The van der Waals surface area contributed by atoms with Crippen LogP contribution < -0.4 is 10.0 Å². The number of ether oxygens (including phenoxy) is 1. The van der Waals surface area contributed by atoms with Crippen molar-refractivity contribution in [2.75, 3.05) is 19.5 Å². The molecule has 0 atom stereocenters. The fraction of sp³-hybridized carbons (Fsp3) is 0.154. The first-order chi connectivity index (χ1) is 10.4. The van der Waals surface area contributed by atoms with Crippen LogP contribution >= 0.6 is 11.6 Å². The number of hydrogen-bond donors (Lipinski definition) is 2. The second-order valence-corrected chi connectivity index (χ2v) is 6.39. The van der Waals surface area contributed by atoms with Crippen LogP contribution in [0.5, 0.6) is 0 Å². The molecule has 0 fully saturated rings. The Kier molecular flexibility index (Phi) is 4.74. The van der Waals surface area contributed by atoms with E-state index in [1.165, 1.54) is 26.5 Å². The minimum absolute atomic E-state index is 0.0112. The van der Waals surface area contributed by atoms with Gasteiger partial charge in [0, 0.05) is 6.07 Å². The highest BCUT2D eigenvalue weighted by atomic mass is 35.5. The van der Waals surface area contributed by atoms with E-state index < -0.39 is 16.0 Å². The average Bonchev–Trinajstić information content (AvgIpc) is 2.99. The van der Waals surface area contributed by atoms with Gasteiger partial charge < -0.3 is 14.5 Å². The van der Waals surface area contributed by atoms with Gasteiger partial charge in [-0.25, -0.2) is 17.9 Å². The highest BCUT2D eigenvalue weighted by molar-refractivity contribution is 7.89. The van der Waals surface area contributed by atoms with Crippen molar-refractivity contribution in [2.45, 2.75) is 4.90 Å². The maximum atomic E-state index is 11.9. The summed E-state index contributed by atoms with van der Waals surface area (Å²) in [7, 11) is -1.37. The molecule has 0 amide bonds. The first-order valence-electron chi connectivity index (χ1n) is 6.05. The third-order valence-electron chi connectivity index (χ3n) is 2.81. The lowest BCUT2D eigenvalue weighted by molar-refractivity contribution is 0.0601. The molecule has 0 aliphatic carbocycles. The first kappa shape index (κ1) is 16.3. The van der Waals surface area contributed by atoms with Crippen LogP contribution in [-0.2, 0) is 14.8 Å². The largest absolute Gasteiger partial charge is 0.465 e. The number of furan rings is 1. The van der Waals surface area contributed by atoms with E-state index in [0.29, 0.717) is 5.88 Å². The number of hydrogen-bond acceptors (Lipinski definition) is 6. The lowest BCUT2D eigenvalue weighted by Crippen LogP contribution is -2.20. The monoisotopic (exact) mass is 344 g/mol. The third-order valence-corrected chi connectivity index (χ3v) is 4.69. The van der Waals surface area contributed by atoms with Crippen molar-refractivity contribution in [3.63, 3.8) is 0 Å². The Bertz CT molecular complexity index is 787. The molecule has 2 aromatic rings. The van der Waals surface area contributed by atoms with E-state index in [9.17, 15) is 13.2 Å². The fourth-order valence-electron chi connectivity index (χ4n) is 1.73. The summed E-state index contributed by atoms with van der Waals surface area (Å²) in [6.45, 7) is 0. The summed E-state index contributed by atoms with van der Waals surface area (Å²) >= 11 is 6.01. The summed E-state index contributed by atoms with van der Waals surface area (Å²) in [5.41, 5.74) is 0.277. The predicted octanol–water partition coefficient (Wildman–Crippen LogP) is 2.37. The van der Waals surface area contributed by atoms with Gasteiger partial charge in [0.15, 0.2) is 5.88 Å². The van der Waals surface area contributed by atoms with E-state index in [-0.39, 0.29) is 21.2 Å². The van der Waals surface area contributed by atoms with Crippen LogP contribution in [0.2, 0.25) is 5.02 Å². The summed E-state index contributed by atoms with van der Waals surface area (Å²) in [5, 5.41) is 2.79. The Labute approximate surface area is 132 Å². The minimum Gasteiger partial charge on any atom is -0.465 e.